The molecule has 1 fully saturated rings. The van der Waals surface area contributed by atoms with E-state index in [0.29, 0.717) is 6.42 Å². The molecule has 1 aliphatic rings. The van der Waals surface area contributed by atoms with E-state index < -0.39 is 5.60 Å². The zero-order chi connectivity index (χ0) is 20.4. The normalized spacial score (nSPS) is 27.1. The first kappa shape index (κ1) is 19.8. The fourth-order valence-corrected chi connectivity index (χ4v) is 5.14. The van der Waals surface area contributed by atoms with Crippen LogP contribution in [-0.4, -0.2) is 5.11 Å². The van der Waals surface area contributed by atoms with E-state index in [1.165, 1.54) is 23.3 Å². The van der Waals surface area contributed by atoms with Crippen LogP contribution >= 0.6 is 0 Å². The third kappa shape index (κ3) is 3.85. The molecule has 0 bridgehead atoms. The number of nitrogens with two attached hydrogens (primary N) is 1. The SMILES string of the molecule is CC(C)[C@@H]1[C@H](c2ccccc2)[NH2+][C@H](c2ccccc2)C[C@]1(O)c1ccc(F)cc1. The number of aliphatic hydroxyl groups is 1. The molecule has 0 aromatic heterocycles. The second kappa shape index (κ2) is 8.10. The van der Waals surface area contributed by atoms with Crippen molar-refractivity contribution in [2.45, 2.75) is 38.0 Å². The Morgan fingerprint density at radius 1 is 0.862 bits per heavy atom. The Kier molecular flexibility index (Phi) is 5.53. The van der Waals surface area contributed by atoms with Gasteiger partial charge in [-0.15, -0.1) is 0 Å². The smallest absolute Gasteiger partial charge is 0.123 e. The topological polar surface area (TPSA) is 36.8 Å². The van der Waals surface area contributed by atoms with Gasteiger partial charge in [0.25, 0.3) is 0 Å². The first-order valence-corrected chi connectivity index (χ1v) is 10.4. The van der Waals surface area contributed by atoms with Gasteiger partial charge in [-0.25, -0.2) is 4.39 Å². The molecule has 3 heteroatoms. The lowest BCUT2D eigenvalue weighted by atomic mass is 9.64. The summed E-state index contributed by atoms with van der Waals surface area (Å²) in [4.78, 5) is 0. The van der Waals surface area contributed by atoms with Gasteiger partial charge in [0.2, 0.25) is 0 Å². The van der Waals surface area contributed by atoms with E-state index in [4.69, 9.17) is 0 Å². The van der Waals surface area contributed by atoms with Crippen molar-refractivity contribution in [3.8, 4) is 0 Å². The Morgan fingerprint density at radius 3 is 1.97 bits per heavy atom. The maximum absolute atomic E-state index is 13.6. The Morgan fingerprint density at radius 2 is 1.41 bits per heavy atom. The molecular formula is C26H29FNO+. The summed E-state index contributed by atoms with van der Waals surface area (Å²) in [7, 11) is 0. The molecule has 3 N–H and O–H groups in total. The van der Waals surface area contributed by atoms with Crippen LogP contribution in [0.5, 0.6) is 0 Å². The van der Waals surface area contributed by atoms with Crippen LogP contribution < -0.4 is 5.32 Å². The maximum atomic E-state index is 13.6. The number of quaternary nitrogens is 1. The summed E-state index contributed by atoms with van der Waals surface area (Å²) in [5.41, 5.74) is 2.17. The summed E-state index contributed by atoms with van der Waals surface area (Å²) in [6.07, 6.45) is 0.592. The monoisotopic (exact) mass is 390 g/mol. The van der Waals surface area contributed by atoms with E-state index in [1.807, 2.05) is 24.3 Å². The van der Waals surface area contributed by atoms with Gasteiger partial charge in [0.05, 0.1) is 5.92 Å². The third-order valence-corrected chi connectivity index (χ3v) is 6.38. The van der Waals surface area contributed by atoms with Crippen molar-refractivity contribution in [1.29, 1.82) is 0 Å². The molecule has 1 heterocycles. The van der Waals surface area contributed by atoms with E-state index >= 15 is 0 Å². The summed E-state index contributed by atoms with van der Waals surface area (Å²) in [6.45, 7) is 4.34. The number of rotatable bonds is 4. The molecule has 2 nitrogen and oxygen atoms in total. The second-order valence-corrected chi connectivity index (χ2v) is 8.55. The molecule has 0 unspecified atom stereocenters. The van der Waals surface area contributed by atoms with Gasteiger partial charge in [0.15, 0.2) is 0 Å². The fraction of sp³-hybridized carbons (Fsp3) is 0.308. The minimum absolute atomic E-state index is 0.00433. The van der Waals surface area contributed by atoms with E-state index in [-0.39, 0.29) is 29.7 Å². The van der Waals surface area contributed by atoms with Crippen molar-refractivity contribution in [3.05, 3.63) is 107 Å². The number of hydrogen-bond donors (Lipinski definition) is 2. The second-order valence-electron chi connectivity index (χ2n) is 8.55. The third-order valence-electron chi connectivity index (χ3n) is 6.38. The molecule has 29 heavy (non-hydrogen) atoms. The largest absolute Gasteiger partial charge is 0.384 e. The van der Waals surface area contributed by atoms with E-state index in [0.717, 1.165) is 5.56 Å². The molecule has 1 aliphatic heterocycles. The Bertz CT molecular complexity index is 926. The molecular weight excluding hydrogens is 361 g/mol. The summed E-state index contributed by atoms with van der Waals surface area (Å²) >= 11 is 0. The van der Waals surface area contributed by atoms with Crippen LogP contribution in [-0.2, 0) is 5.60 Å². The standard InChI is InChI=1S/C26H28FNO/c1-18(2)24-25(20-11-7-4-8-12-20)28-23(19-9-5-3-6-10-19)17-26(24,29)21-13-15-22(27)16-14-21/h3-16,18,23-25,28-29H,17H2,1-2H3/p+1/t23-,24+,25-,26-/m0/s1. The highest BCUT2D eigenvalue weighted by Gasteiger charge is 2.53. The van der Waals surface area contributed by atoms with E-state index in [1.54, 1.807) is 12.1 Å². The summed E-state index contributed by atoms with van der Waals surface area (Å²) in [6, 6.07) is 27.4. The molecule has 3 aromatic carbocycles. The molecule has 4 atom stereocenters. The molecule has 0 aliphatic carbocycles. The first-order valence-electron chi connectivity index (χ1n) is 10.4. The highest BCUT2D eigenvalue weighted by Crippen LogP contribution is 2.48. The minimum Gasteiger partial charge on any atom is -0.384 e. The van der Waals surface area contributed by atoms with Crippen LogP contribution in [0.1, 0.15) is 49.0 Å². The van der Waals surface area contributed by atoms with Crippen LogP contribution in [0, 0.1) is 17.7 Å². The molecule has 0 spiro atoms. The van der Waals surface area contributed by atoms with Crippen LogP contribution in [0.3, 0.4) is 0 Å². The van der Waals surface area contributed by atoms with Gasteiger partial charge in [-0.1, -0.05) is 86.6 Å². The van der Waals surface area contributed by atoms with Crippen molar-refractivity contribution >= 4 is 0 Å². The molecule has 0 radical (unpaired) electrons. The van der Waals surface area contributed by atoms with Crippen LogP contribution in [0.25, 0.3) is 0 Å². The van der Waals surface area contributed by atoms with Gasteiger partial charge in [0.1, 0.15) is 23.5 Å². The van der Waals surface area contributed by atoms with Crippen LogP contribution in [0.15, 0.2) is 84.9 Å². The lowest BCUT2D eigenvalue weighted by Gasteiger charge is -2.48. The van der Waals surface area contributed by atoms with Gasteiger partial charge in [-0.05, 0) is 23.6 Å². The zero-order valence-electron chi connectivity index (χ0n) is 17.0. The van der Waals surface area contributed by atoms with Gasteiger partial charge in [-0.2, -0.15) is 0 Å². The zero-order valence-corrected chi connectivity index (χ0v) is 17.0. The van der Waals surface area contributed by atoms with Crippen molar-refractivity contribution in [2.75, 3.05) is 0 Å². The predicted octanol–water partition coefficient (Wildman–Crippen LogP) is 4.74. The average Bonchev–Trinajstić information content (AvgIpc) is 2.74. The number of hydrogen-bond acceptors (Lipinski definition) is 1. The summed E-state index contributed by atoms with van der Waals surface area (Å²) in [5, 5.41) is 14.6. The van der Waals surface area contributed by atoms with Crippen molar-refractivity contribution in [1.82, 2.24) is 0 Å². The highest BCUT2D eigenvalue weighted by molar-refractivity contribution is 5.30. The van der Waals surface area contributed by atoms with Gasteiger partial charge in [0, 0.05) is 17.5 Å². The Hall–Kier alpha value is -2.49. The Balaban J connectivity index is 1.84. The van der Waals surface area contributed by atoms with Gasteiger partial charge >= 0.3 is 0 Å². The Labute approximate surface area is 172 Å². The predicted molar refractivity (Wildman–Crippen MR) is 114 cm³/mol. The molecule has 150 valence electrons. The highest BCUT2D eigenvalue weighted by atomic mass is 19.1. The molecule has 1 saturated heterocycles. The molecule has 0 amide bonds. The van der Waals surface area contributed by atoms with Crippen LogP contribution in [0.2, 0.25) is 0 Å². The van der Waals surface area contributed by atoms with Crippen molar-refractivity contribution < 1.29 is 14.8 Å². The first-order chi connectivity index (χ1) is 14.0. The van der Waals surface area contributed by atoms with E-state index in [2.05, 4.69) is 55.6 Å². The number of halogens is 1. The fourth-order valence-electron chi connectivity index (χ4n) is 5.14. The molecule has 3 aromatic rings. The maximum Gasteiger partial charge on any atom is 0.123 e. The van der Waals surface area contributed by atoms with E-state index in [9.17, 15) is 9.50 Å². The van der Waals surface area contributed by atoms with Crippen molar-refractivity contribution in [2.24, 2.45) is 11.8 Å². The lowest BCUT2D eigenvalue weighted by molar-refractivity contribution is -0.759. The molecule has 0 saturated carbocycles. The van der Waals surface area contributed by atoms with Gasteiger partial charge in [-0.3, -0.25) is 0 Å². The average molecular weight is 391 g/mol. The summed E-state index contributed by atoms with van der Waals surface area (Å²) < 4.78 is 13.6. The molecule has 4 rings (SSSR count). The number of benzene rings is 3. The number of piperidine rings is 1. The summed E-state index contributed by atoms with van der Waals surface area (Å²) in [5.74, 6) is -0.0291. The quantitative estimate of drug-likeness (QED) is 0.664. The minimum atomic E-state index is -1.04. The van der Waals surface area contributed by atoms with Crippen molar-refractivity contribution in [3.63, 3.8) is 0 Å². The lowest BCUT2D eigenvalue weighted by Crippen LogP contribution is -2.91. The van der Waals surface area contributed by atoms with Gasteiger partial charge < -0.3 is 10.4 Å². The van der Waals surface area contributed by atoms with Crippen LogP contribution in [0.4, 0.5) is 4.39 Å².